The zero-order chi connectivity index (χ0) is 49.2. The topological polar surface area (TPSA) is 250 Å². The number of anilines is 1. The second-order valence-corrected chi connectivity index (χ2v) is 22.0. The van der Waals surface area contributed by atoms with E-state index in [0.29, 0.717) is 41.1 Å². The van der Waals surface area contributed by atoms with Crippen LogP contribution in [0, 0.1) is 19.3 Å². The molecule has 2 aromatic carbocycles. The normalized spacial score (nSPS) is 17.5. The first-order chi connectivity index (χ1) is 31.4. The average molecular weight is 983 g/mol. The first-order valence-corrected chi connectivity index (χ1v) is 26.6. The van der Waals surface area contributed by atoms with Gasteiger partial charge in [0.2, 0.25) is 11.6 Å². The Morgan fingerprint density at radius 1 is 0.881 bits per heavy atom. The van der Waals surface area contributed by atoms with Crippen molar-refractivity contribution in [2.45, 2.75) is 95.0 Å². The summed E-state index contributed by atoms with van der Waals surface area (Å²) in [5.74, 6) is 0.969. The number of aryl methyl sites for hydroxylation is 1. The van der Waals surface area contributed by atoms with Gasteiger partial charge in [-0.2, -0.15) is 29.8 Å². The van der Waals surface area contributed by atoms with Gasteiger partial charge in [-0.25, -0.2) is 0 Å². The minimum Gasteiger partial charge on any atom is -0.363 e. The summed E-state index contributed by atoms with van der Waals surface area (Å²) >= 11 is 0. The van der Waals surface area contributed by atoms with Crippen LogP contribution in [0.3, 0.4) is 0 Å². The number of amides is 2. The van der Waals surface area contributed by atoms with Crippen LogP contribution in [-0.2, 0) is 57.3 Å². The van der Waals surface area contributed by atoms with Crippen molar-refractivity contribution >= 4 is 59.3 Å². The Balaban J connectivity index is 1.31. The van der Waals surface area contributed by atoms with Gasteiger partial charge in [-0.1, -0.05) is 42.5 Å². The molecule has 2 amide bonds. The number of carbonyl (C=O) groups is 2. The second kappa shape index (κ2) is 22.2. The zero-order valence-electron chi connectivity index (χ0n) is 38.2. The molecule has 1 atom stereocenters. The largest absolute Gasteiger partial charge is 0.363 e. The first-order valence-electron chi connectivity index (χ1n) is 21.9. The lowest BCUT2D eigenvalue weighted by Gasteiger charge is -2.30. The van der Waals surface area contributed by atoms with Crippen LogP contribution in [0.15, 0.2) is 83.5 Å². The Hall–Kier alpha value is -5.27. The third kappa shape index (κ3) is 14.1. The third-order valence-corrected chi connectivity index (χ3v) is 14.4. The summed E-state index contributed by atoms with van der Waals surface area (Å²) in [6, 6.07) is 13.6. The number of terminal acetylenes is 1. The number of benzene rings is 2. The van der Waals surface area contributed by atoms with Crippen LogP contribution < -0.4 is 15.5 Å². The molecule has 2 aliphatic rings. The van der Waals surface area contributed by atoms with Crippen molar-refractivity contribution in [3.05, 3.63) is 107 Å². The molecule has 1 unspecified atom stereocenters. The van der Waals surface area contributed by atoms with Gasteiger partial charge >= 0.3 is 0 Å². The number of pyridine rings is 1. The van der Waals surface area contributed by atoms with Gasteiger partial charge in [-0.15, -0.1) is 6.42 Å². The minimum absolute atomic E-state index is 0.0567. The maximum absolute atomic E-state index is 12.8. The number of aromatic nitrogens is 1. The number of fused-ring (bicyclic) bond motifs is 2. The van der Waals surface area contributed by atoms with Crippen molar-refractivity contribution in [2.75, 3.05) is 49.2 Å². The van der Waals surface area contributed by atoms with E-state index in [9.17, 15) is 48.5 Å². The van der Waals surface area contributed by atoms with Gasteiger partial charge in [0.1, 0.15) is 13.2 Å². The predicted octanol–water partition coefficient (Wildman–Crippen LogP) is 5.43. The fourth-order valence-electron chi connectivity index (χ4n) is 8.63. The maximum Gasteiger partial charge on any atom is 0.294 e. The Bertz CT molecular complexity index is 2800. The van der Waals surface area contributed by atoms with E-state index in [2.05, 4.69) is 39.4 Å². The molecule has 0 saturated heterocycles. The standard InChI is InChI=1S/C47H59N5O12S3/c1-6-27-64-33-36-18-17-35(32-50-36)45(54)49-24-23-48-44(53)15-8-7-9-22-47(5)39-30-34(2)16-20-41(39)52(26-12-29-66(58,59)60)43(47)14-10-13-42-46(3,4)38-31-37(67(61,62)63)19-21-40(38)51(42)25-11-28-65(55,56)57/h1,10,13-14,16-21,30-32H,7-9,11-12,15,22-29,33H2,2-5H3,(H4-,48,49,53,54,55,56,57,58,59,60,61,62,63)/p+1. The van der Waals surface area contributed by atoms with Gasteiger partial charge in [-0.3, -0.25) is 28.2 Å². The maximum atomic E-state index is 12.8. The van der Waals surface area contributed by atoms with E-state index in [0.717, 1.165) is 35.4 Å². The molecule has 3 aromatic rings. The minimum atomic E-state index is -4.54. The SMILES string of the molecule is C#CCOCc1ccc(C(=O)NCCNC(=O)CCCCCC2(C)C(=CC=CC3=[N+](CCCS(=O)(=O)O)c4ccc(S(=O)(=O)O)cc4C3(C)C)N(CCCS(=O)(=O)O)c3ccc(C)cc32)cn1. The van der Waals surface area contributed by atoms with Crippen LogP contribution in [0.1, 0.15) is 98.5 Å². The van der Waals surface area contributed by atoms with Gasteiger partial charge in [0.25, 0.3) is 36.3 Å². The molecule has 17 nitrogen and oxygen atoms in total. The van der Waals surface area contributed by atoms with Crippen molar-refractivity contribution < 1.29 is 57.8 Å². The molecule has 0 aliphatic carbocycles. The quantitative estimate of drug-likeness (QED) is 0.0325. The third-order valence-electron chi connectivity index (χ3n) is 12.0. The van der Waals surface area contributed by atoms with E-state index in [1.165, 1.54) is 18.3 Å². The highest BCUT2D eigenvalue weighted by Gasteiger charge is 2.46. The number of ether oxygens (including phenoxy) is 1. The van der Waals surface area contributed by atoms with Crippen LogP contribution in [0.25, 0.3) is 0 Å². The fourth-order valence-corrected chi connectivity index (χ4v) is 10.1. The van der Waals surface area contributed by atoms with Crippen LogP contribution in [0.4, 0.5) is 11.4 Å². The Morgan fingerprint density at radius 3 is 2.27 bits per heavy atom. The molecule has 3 heterocycles. The fraction of sp³-hybridized carbons (Fsp3) is 0.447. The molecule has 362 valence electrons. The van der Waals surface area contributed by atoms with Crippen molar-refractivity contribution in [3.63, 3.8) is 0 Å². The Labute approximate surface area is 394 Å². The Morgan fingerprint density at radius 2 is 1.60 bits per heavy atom. The summed E-state index contributed by atoms with van der Waals surface area (Å²) in [4.78, 5) is 31.3. The van der Waals surface area contributed by atoms with E-state index >= 15 is 0 Å². The number of unbranched alkanes of at least 4 members (excludes halogenated alkanes) is 2. The zero-order valence-corrected chi connectivity index (χ0v) is 40.6. The highest BCUT2D eigenvalue weighted by atomic mass is 32.2. The van der Waals surface area contributed by atoms with Crippen LogP contribution in [0.5, 0.6) is 0 Å². The summed E-state index contributed by atoms with van der Waals surface area (Å²) in [5.41, 5.74) is 5.29. The van der Waals surface area contributed by atoms with E-state index in [-0.39, 0.29) is 75.4 Å². The van der Waals surface area contributed by atoms with Crippen molar-refractivity contribution in [1.29, 1.82) is 0 Å². The van der Waals surface area contributed by atoms with Gasteiger partial charge in [0.15, 0.2) is 5.71 Å². The molecule has 5 rings (SSSR count). The second-order valence-electron chi connectivity index (χ2n) is 17.4. The first kappa shape index (κ1) is 52.7. The molecular weight excluding hydrogens is 923 g/mol. The number of nitrogens with zero attached hydrogens (tertiary/aromatic N) is 3. The monoisotopic (exact) mass is 982 g/mol. The molecular formula is C47H60N5O12S3+. The molecule has 67 heavy (non-hydrogen) atoms. The molecule has 0 fully saturated rings. The average Bonchev–Trinajstić information content (AvgIpc) is 3.59. The number of nitrogens with one attached hydrogen (secondary N) is 2. The molecule has 20 heteroatoms. The summed E-state index contributed by atoms with van der Waals surface area (Å²) in [5, 5.41) is 5.62. The number of hydrogen-bond acceptors (Lipinski definition) is 11. The lowest BCUT2D eigenvalue weighted by molar-refractivity contribution is -0.437. The molecule has 0 spiro atoms. The van der Waals surface area contributed by atoms with Crippen LogP contribution in [0.2, 0.25) is 0 Å². The smallest absolute Gasteiger partial charge is 0.294 e. The van der Waals surface area contributed by atoms with Crippen molar-refractivity contribution in [3.8, 4) is 12.3 Å². The lowest BCUT2D eigenvalue weighted by atomic mass is 9.76. The molecule has 2 aliphatic heterocycles. The van der Waals surface area contributed by atoms with E-state index in [1.807, 2.05) is 55.7 Å². The summed E-state index contributed by atoms with van der Waals surface area (Å²) in [6.45, 7) is 9.18. The highest BCUT2D eigenvalue weighted by Crippen LogP contribution is 2.51. The van der Waals surface area contributed by atoms with E-state index < -0.39 is 52.7 Å². The van der Waals surface area contributed by atoms with Gasteiger partial charge < -0.3 is 20.3 Å². The Kier molecular flexibility index (Phi) is 17.5. The van der Waals surface area contributed by atoms with Gasteiger partial charge in [0, 0.05) is 73.2 Å². The number of hydrogen-bond donors (Lipinski definition) is 5. The summed E-state index contributed by atoms with van der Waals surface area (Å²) in [6.07, 6.45) is 15.5. The summed E-state index contributed by atoms with van der Waals surface area (Å²) in [7, 11) is -13.1. The molecule has 0 bridgehead atoms. The van der Waals surface area contributed by atoms with E-state index in [1.54, 1.807) is 18.2 Å². The lowest BCUT2D eigenvalue weighted by Crippen LogP contribution is -2.34. The van der Waals surface area contributed by atoms with Gasteiger partial charge in [-0.05, 0) is 88.9 Å². The predicted molar refractivity (Wildman–Crippen MR) is 255 cm³/mol. The molecule has 5 N–H and O–H groups in total. The van der Waals surface area contributed by atoms with Crippen molar-refractivity contribution in [2.24, 2.45) is 0 Å². The highest BCUT2D eigenvalue weighted by molar-refractivity contribution is 7.86. The molecule has 0 saturated carbocycles. The molecule has 1 aromatic heterocycles. The number of carbonyl (C=O) groups excluding carboxylic acids is 2. The van der Waals surface area contributed by atoms with Crippen LogP contribution in [-0.4, -0.2) is 110 Å². The molecule has 0 radical (unpaired) electrons. The number of allylic oxidation sites excluding steroid dienone is 4. The summed E-state index contributed by atoms with van der Waals surface area (Å²) < 4.78 is 107. The van der Waals surface area contributed by atoms with Crippen LogP contribution >= 0.6 is 0 Å². The number of rotatable bonds is 24. The van der Waals surface area contributed by atoms with Gasteiger partial charge in [0.05, 0.1) is 39.7 Å². The van der Waals surface area contributed by atoms with E-state index in [4.69, 9.17) is 11.2 Å². The van der Waals surface area contributed by atoms with Crippen molar-refractivity contribution in [1.82, 2.24) is 15.6 Å².